The Morgan fingerprint density at radius 3 is 2.52 bits per heavy atom. The number of alkyl halides is 2. The molecule has 0 aliphatic heterocycles. The van der Waals surface area contributed by atoms with E-state index in [1.54, 1.807) is 24.3 Å². The molecule has 1 amide bonds. The first-order valence-corrected chi connectivity index (χ1v) is 9.99. The number of nitrogens with zero attached hydrogens (tertiary/aromatic N) is 2. The minimum absolute atomic E-state index is 0.0608. The van der Waals surface area contributed by atoms with Crippen molar-refractivity contribution in [3.05, 3.63) is 24.3 Å². The van der Waals surface area contributed by atoms with Gasteiger partial charge in [0.25, 0.3) is 5.76 Å². The lowest BCUT2D eigenvalue weighted by Gasteiger charge is -2.19. The molecule has 1 aromatic heterocycles. The molecular weight excluding hydrogens is 386 g/mol. The number of anilines is 2. The third-order valence-electron chi connectivity index (χ3n) is 2.58. The summed E-state index contributed by atoms with van der Waals surface area (Å²) in [5, 5.41) is 14.6. The zero-order chi connectivity index (χ0) is 18.4. The van der Waals surface area contributed by atoms with Crippen LogP contribution in [-0.2, 0) is 4.79 Å². The van der Waals surface area contributed by atoms with Crippen LogP contribution in [0.2, 0.25) is 0 Å². The summed E-state index contributed by atoms with van der Waals surface area (Å²) in [5.74, 6) is -2.22. The molecule has 10 heteroatoms. The summed E-state index contributed by atoms with van der Waals surface area (Å²) in [7, 11) is 0. The van der Waals surface area contributed by atoms with E-state index in [4.69, 9.17) is 0 Å². The molecule has 0 fully saturated rings. The first kappa shape index (κ1) is 19.9. The smallest absolute Gasteiger partial charge is 0.288 e. The van der Waals surface area contributed by atoms with Gasteiger partial charge in [-0.05, 0) is 45.0 Å². The zero-order valence-electron chi connectivity index (χ0n) is 13.9. The monoisotopic (exact) mass is 404 g/mol. The molecule has 0 saturated carbocycles. The molecule has 0 spiro atoms. The SMILES string of the molecule is CC(C)(C)NC(=O)CSc1nnc(Nc2ccc(SC(F)F)cc2)s1. The molecule has 1 aromatic carbocycles. The summed E-state index contributed by atoms with van der Waals surface area (Å²) in [4.78, 5) is 12.3. The van der Waals surface area contributed by atoms with Crippen LogP contribution in [0.4, 0.5) is 19.6 Å². The van der Waals surface area contributed by atoms with Crippen molar-refractivity contribution in [2.24, 2.45) is 0 Å². The van der Waals surface area contributed by atoms with E-state index in [-0.39, 0.29) is 17.2 Å². The van der Waals surface area contributed by atoms with Crippen LogP contribution in [0.15, 0.2) is 33.5 Å². The molecule has 0 unspecified atom stereocenters. The first-order chi connectivity index (χ1) is 11.7. The lowest BCUT2D eigenvalue weighted by molar-refractivity contribution is -0.119. The van der Waals surface area contributed by atoms with Gasteiger partial charge in [0.1, 0.15) is 0 Å². The van der Waals surface area contributed by atoms with Gasteiger partial charge in [0, 0.05) is 16.1 Å². The summed E-state index contributed by atoms with van der Waals surface area (Å²) in [6, 6.07) is 6.64. The topological polar surface area (TPSA) is 66.9 Å². The maximum absolute atomic E-state index is 12.3. The molecule has 25 heavy (non-hydrogen) atoms. The average molecular weight is 405 g/mol. The third kappa shape index (κ3) is 7.57. The van der Waals surface area contributed by atoms with E-state index < -0.39 is 5.76 Å². The van der Waals surface area contributed by atoms with E-state index in [9.17, 15) is 13.6 Å². The molecule has 5 nitrogen and oxygen atoms in total. The number of carbonyl (C=O) groups excluding carboxylic acids is 1. The van der Waals surface area contributed by atoms with E-state index in [0.717, 1.165) is 5.69 Å². The second kappa shape index (κ2) is 8.81. The van der Waals surface area contributed by atoms with E-state index in [0.29, 0.717) is 26.1 Å². The number of halogens is 2. The number of nitrogens with one attached hydrogen (secondary N) is 2. The van der Waals surface area contributed by atoms with Gasteiger partial charge in [0.05, 0.1) is 5.75 Å². The maximum Gasteiger partial charge on any atom is 0.288 e. The van der Waals surface area contributed by atoms with Crippen LogP contribution in [-0.4, -0.2) is 33.2 Å². The van der Waals surface area contributed by atoms with Crippen LogP contribution in [0, 0.1) is 0 Å². The molecule has 0 aliphatic rings. The number of thioether (sulfide) groups is 2. The molecule has 0 saturated heterocycles. The fraction of sp³-hybridized carbons (Fsp3) is 0.400. The van der Waals surface area contributed by atoms with Gasteiger partial charge in [0.2, 0.25) is 11.0 Å². The number of hydrogen-bond donors (Lipinski definition) is 2. The summed E-state index contributed by atoms with van der Waals surface area (Å²) < 4.78 is 25.3. The summed E-state index contributed by atoms with van der Waals surface area (Å²) >= 11 is 3.15. The predicted octanol–water partition coefficient (Wildman–Crippen LogP) is 4.60. The van der Waals surface area contributed by atoms with Gasteiger partial charge in [-0.25, -0.2) is 0 Å². The molecule has 136 valence electrons. The molecule has 2 rings (SSSR count). The fourth-order valence-electron chi connectivity index (χ4n) is 1.74. The normalized spacial score (nSPS) is 11.6. The van der Waals surface area contributed by atoms with E-state index in [2.05, 4.69) is 20.8 Å². The standard InChI is InChI=1S/C15H18F2N4OS3/c1-15(2,3)19-11(22)8-23-14-21-20-13(25-14)18-9-4-6-10(7-5-9)24-12(16)17/h4-7,12H,8H2,1-3H3,(H,18,20)(H,19,22). The first-order valence-electron chi connectivity index (χ1n) is 7.30. The second-order valence-electron chi connectivity index (χ2n) is 5.99. The summed E-state index contributed by atoms with van der Waals surface area (Å²) in [6.07, 6.45) is 0. The fourth-order valence-corrected chi connectivity index (χ4v) is 3.81. The van der Waals surface area contributed by atoms with Gasteiger partial charge < -0.3 is 10.6 Å². The number of aromatic nitrogens is 2. The highest BCUT2D eigenvalue weighted by Gasteiger charge is 2.15. The van der Waals surface area contributed by atoms with Gasteiger partial charge >= 0.3 is 0 Å². The van der Waals surface area contributed by atoms with Crippen molar-refractivity contribution in [3.63, 3.8) is 0 Å². The molecule has 0 bridgehead atoms. The van der Waals surface area contributed by atoms with E-state index >= 15 is 0 Å². The van der Waals surface area contributed by atoms with Gasteiger partial charge in [-0.2, -0.15) is 8.78 Å². The van der Waals surface area contributed by atoms with Gasteiger partial charge in [-0.15, -0.1) is 10.2 Å². The van der Waals surface area contributed by atoms with Gasteiger partial charge in [-0.1, -0.05) is 34.9 Å². The van der Waals surface area contributed by atoms with Crippen molar-refractivity contribution in [1.82, 2.24) is 15.5 Å². The van der Waals surface area contributed by atoms with Crippen molar-refractivity contribution in [2.45, 2.75) is 41.3 Å². The molecule has 1 heterocycles. The second-order valence-corrected chi connectivity index (χ2v) is 9.25. The summed E-state index contributed by atoms with van der Waals surface area (Å²) in [5.41, 5.74) is 0.470. The Balaban J connectivity index is 1.85. The van der Waals surface area contributed by atoms with Crippen LogP contribution in [0.25, 0.3) is 0 Å². The highest BCUT2D eigenvalue weighted by molar-refractivity contribution is 8.01. The number of benzene rings is 1. The number of amides is 1. The lowest BCUT2D eigenvalue weighted by Crippen LogP contribution is -2.41. The number of rotatable bonds is 7. The van der Waals surface area contributed by atoms with Gasteiger partial charge in [0.15, 0.2) is 4.34 Å². The highest BCUT2D eigenvalue weighted by atomic mass is 32.2. The van der Waals surface area contributed by atoms with Crippen LogP contribution < -0.4 is 10.6 Å². The largest absolute Gasteiger partial charge is 0.351 e. The van der Waals surface area contributed by atoms with Crippen molar-refractivity contribution < 1.29 is 13.6 Å². The summed E-state index contributed by atoms with van der Waals surface area (Å²) in [6.45, 7) is 5.77. The van der Waals surface area contributed by atoms with Crippen molar-refractivity contribution in [3.8, 4) is 0 Å². The predicted molar refractivity (Wildman–Crippen MR) is 100 cm³/mol. The Hall–Kier alpha value is -1.39. The Labute approximate surface area is 157 Å². The highest BCUT2D eigenvalue weighted by Crippen LogP contribution is 2.29. The number of hydrogen-bond acceptors (Lipinski definition) is 7. The van der Waals surface area contributed by atoms with Crippen LogP contribution in [0.5, 0.6) is 0 Å². The van der Waals surface area contributed by atoms with Crippen LogP contribution in [0.3, 0.4) is 0 Å². The van der Waals surface area contributed by atoms with Crippen LogP contribution >= 0.6 is 34.9 Å². The van der Waals surface area contributed by atoms with E-state index in [1.807, 2.05) is 20.8 Å². The van der Waals surface area contributed by atoms with Crippen molar-refractivity contribution >= 4 is 51.6 Å². The average Bonchev–Trinajstić information content (AvgIpc) is 2.92. The molecule has 0 atom stereocenters. The quantitative estimate of drug-likeness (QED) is 0.657. The van der Waals surface area contributed by atoms with Crippen LogP contribution in [0.1, 0.15) is 20.8 Å². The third-order valence-corrected chi connectivity index (χ3v) is 5.27. The molecule has 0 radical (unpaired) electrons. The lowest BCUT2D eigenvalue weighted by atomic mass is 10.1. The molecule has 2 aromatic rings. The molecular formula is C15H18F2N4OS3. The van der Waals surface area contributed by atoms with Gasteiger partial charge in [-0.3, -0.25) is 4.79 Å². The minimum Gasteiger partial charge on any atom is -0.351 e. The minimum atomic E-state index is -2.43. The number of carbonyl (C=O) groups is 1. The molecule has 0 aliphatic carbocycles. The maximum atomic E-state index is 12.3. The Bertz CT molecular complexity index is 702. The zero-order valence-corrected chi connectivity index (χ0v) is 16.3. The van der Waals surface area contributed by atoms with E-state index in [1.165, 1.54) is 23.1 Å². The Morgan fingerprint density at radius 1 is 1.24 bits per heavy atom. The van der Waals surface area contributed by atoms with Crippen molar-refractivity contribution in [2.75, 3.05) is 11.1 Å². The Morgan fingerprint density at radius 2 is 1.92 bits per heavy atom. The Kier molecular flexibility index (Phi) is 7.03. The van der Waals surface area contributed by atoms with Crippen molar-refractivity contribution in [1.29, 1.82) is 0 Å². The molecule has 2 N–H and O–H groups in total.